The molecule has 7 heteroatoms. The Morgan fingerprint density at radius 3 is 2.91 bits per heavy atom. The fourth-order valence-electron chi connectivity index (χ4n) is 2.29. The highest BCUT2D eigenvalue weighted by atomic mass is 16.4. The number of carbonyl (C=O) groups excluding carboxylic acids is 1. The average Bonchev–Trinajstić information content (AvgIpc) is 3.17. The van der Waals surface area contributed by atoms with Crippen LogP contribution in [-0.2, 0) is 11.3 Å². The van der Waals surface area contributed by atoms with Gasteiger partial charge in [0.1, 0.15) is 5.76 Å². The number of nitrogens with one attached hydrogen (secondary N) is 1. The minimum absolute atomic E-state index is 0.0642. The van der Waals surface area contributed by atoms with Crippen LogP contribution in [0.25, 0.3) is 11.5 Å². The normalized spacial score (nSPS) is 15.7. The summed E-state index contributed by atoms with van der Waals surface area (Å²) < 4.78 is 11.6. The summed E-state index contributed by atoms with van der Waals surface area (Å²) in [4.78, 5) is 23.8. The van der Waals surface area contributed by atoms with E-state index in [1.807, 2.05) is 6.92 Å². The smallest absolute Gasteiger partial charge is 0.437 e. The Morgan fingerprint density at radius 2 is 2.32 bits per heavy atom. The van der Waals surface area contributed by atoms with E-state index in [2.05, 4.69) is 10.4 Å². The second kappa shape index (κ2) is 5.82. The van der Waals surface area contributed by atoms with Crippen molar-refractivity contribution in [2.75, 3.05) is 0 Å². The van der Waals surface area contributed by atoms with Gasteiger partial charge >= 0.3 is 5.76 Å². The molecular formula is C15H19N3O4. The van der Waals surface area contributed by atoms with Crippen LogP contribution >= 0.6 is 0 Å². The van der Waals surface area contributed by atoms with Gasteiger partial charge in [0, 0.05) is 12.0 Å². The van der Waals surface area contributed by atoms with Gasteiger partial charge in [0.2, 0.25) is 5.91 Å². The van der Waals surface area contributed by atoms with Crippen molar-refractivity contribution in [3.8, 4) is 11.5 Å². The molecule has 0 saturated heterocycles. The minimum Gasteiger partial charge on any atom is -0.469 e. The molecule has 0 aromatic carbocycles. The average molecular weight is 305 g/mol. The Hall–Kier alpha value is -2.31. The number of furan rings is 1. The van der Waals surface area contributed by atoms with Crippen LogP contribution in [0.4, 0.5) is 0 Å². The zero-order valence-corrected chi connectivity index (χ0v) is 12.7. The molecule has 1 fully saturated rings. The van der Waals surface area contributed by atoms with Crippen LogP contribution in [0.5, 0.6) is 0 Å². The lowest BCUT2D eigenvalue weighted by Gasteiger charge is -2.15. The lowest BCUT2D eigenvalue weighted by atomic mass is 10.2. The van der Waals surface area contributed by atoms with Gasteiger partial charge in [-0.25, -0.2) is 4.79 Å². The van der Waals surface area contributed by atoms with E-state index in [4.69, 9.17) is 8.83 Å². The van der Waals surface area contributed by atoms with Gasteiger partial charge in [-0.05, 0) is 32.3 Å². The van der Waals surface area contributed by atoms with Gasteiger partial charge in [-0.15, -0.1) is 5.10 Å². The number of hydrogen-bond acceptors (Lipinski definition) is 5. The van der Waals surface area contributed by atoms with Gasteiger partial charge < -0.3 is 14.2 Å². The summed E-state index contributed by atoms with van der Waals surface area (Å²) in [7, 11) is 0. The lowest BCUT2D eigenvalue weighted by Crippen LogP contribution is -2.40. The van der Waals surface area contributed by atoms with Crippen LogP contribution in [0, 0.1) is 12.8 Å². The second-order valence-corrected chi connectivity index (χ2v) is 5.63. The largest absolute Gasteiger partial charge is 0.469 e. The number of aryl methyl sites for hydroxylation is 1. The van der Waals surface area contributed by atoms with E-state index >= 15 is 0 Å². The summed E-state index contributed by atoms with van der Waals surface area (Å²) in [6.45, 7) is 4.04. The third-order valence-electron chi connectivity index (χ3n) is 3.88. The van der Waals surface area contributed by atoms with E-state index in [0.29, 0.717) is 17.9 Å². The van der Waals surface area contributed by atoms with Crippen LogP contribution in [0.1, 0.15) is 31.9 Å². The first-order valence-corrected chi connectivity index (χ1v) is 7.51. The number of aromatic nitrogens is 2. The van der Waals surface area contributed by atoms with Gasteiger partial charge in [0.25, 0.3) is 5.89 Å². The standard InChI is InChI=1S/C15H19N3O4/c1-3-11(16-13(19)10-4-5-10)8-18-15(20)22-14(17-18)12-6-7-21-9(12)2/h6-7,10-11H,3-5,8H2,1-2H3,(H,16,19)/t11-/m1/s1. The molecule has 1 saturated carbocycles. The van der Waals surface area contributed by atoms with E-state index < -0.39 is 5.76 Å². The molecule has 1 atom stereocenters. The molecule has 0 aliphatic heterocycles. The highest BCUT2D eigenvalue weighted by Gasteiger charge is 2.31. The third kappa shape index (κ3) is 2.98. The first-order valence-electron chi connectivity index (χ1n) is 7.51. The predicted octanol–water partition coefficient (Wildman–Crippen LogP) is 1.71. The summed E-state index contributed by atoms with van der Waals surface area (Å²) in [5, 5.41) is 7.16. The van der Waals surface area contributed by atoms with Crippen LogP contribution in [0.2, 0.25) is 0 Å². The predicted molar refractivity (Wildman–Crippen MR) is 78.1 cm³/mol. The summed E-state index contributed by atoms with van der Waals surface area (Å²) in [5.41, 5.74) is 0.658. The summed E-state index contributed by atoms with van der Waals surface area (Å²) >= 11 is 0. The van der Waals surface area contributed by atoms with E-state index in [1.165, 1.54) is 10.9 Å². The Labute approximate surface area is 127 Å². The summed E-state index contributed by atoms with van der Waals surface area (Å²) in [5.74, 6) is 0.554. The van der Waals surface area contributed by atoms with Crippen molar-refractivity contribution in [2.24, 2.45) is 5.92 Å². The van der Waals surface area contributed by atoms with Crippen molar-refractivity contribution >= 4 is 5.91 Å². The summed E-state index contributed by atoms with van der Waals surface area (Å²) in [6.07, 6.45) is 4.15. The molecule has 0 radical (unpaired) electrons. The van der Waals surface area contributed by atoms with Crippen molar-refractivity contribution in [3.05, 3.63) is 28.6 Å². The summed E-state index contributed by atoms with van der Waals surface area (Å²) in [6, 6.07) is 1.58. The van der Waals surface area contributed by atoms with Gasteiger partial charge in [0.05, 0.1) is 18.4 Å². The molecule has 0 spiro atoms. The zero-order valence-electron chi connectivity index (χ0n) is 12.7. The van der Waals surface area contributed by atoms with Gasteiger partial charge in [-0.1, -0.05) is 6.92 Å². The van der Waals surface area contributed by atoms with Crippen LogP contribution in [0.15, 0.2) is 26.0 Å². The molecule has 1 amide bonds. The molecule has 7 nitrogen and oxygen atoms in total. The maximum atomic E-state index is 11.9. The fraction of sp³-hybridized carbons (Fsp3) is 0.533. The molecule has 1 aliphatic rings. The maximum absolute atomic E-state index is 11.9. The first-order chi connectivity index (χ1) is 10.6. The van der Waals surface area contributed by atoms with Crippen molar-refractivity contribution in [1.29, 1.82) is 0 Å². The molecule has 0 bridgehead atoms. The van der Waals surface area contributed by atoms with E-state index in [-0.39, 0.29) is 23.8 Å². The Kier molecular flexibility index (Phi) is 3.87. The first kappa shape index (κ1) is 14.6. The van der Waals surface area contributed by atoms with E-state index in [0.717, 1.165) is 19.3 Å². The lowest BCUT2D eigenvalue weighted by molar-refractivity contribution is -0.123. The van der Waals surface area contributed by atoms with Crippen molar-refractivity contribution in [3.63, 3.8) is 0 Å². The Balaban J connectivity index is 1.74. The molecule has 3 rings (SSSR count). The molecule has 2 heterocycles. The van der Waals surface area contributed by atoms with Crippen molar-refractivity contribution < 1.29 is 13.6 Å². The number of rotatable bonds is 6. The number of amides is 1. The Morgan fingerprint density at radius 1 is 1.55 bits per heavy atom. The van der Waals surface area contributed by atoms with Crippen molar-refractivity contribution in [2.45, 2.75) is 45.7 Å². The molecule has 1 N–H and O–H groups in total. The number of carbonyl (C=O) groups is 1. The van der Waals surface area contributed by atoms with Crippen LogP contribution in [0.3, 0.4) is 0 Å². The quantitative estimate of drug-likeness (QED) is 0.877. The molecule has 0 unspecified atom stereocenters. The highest BCUT2D eigenvalue weighted by Crippen LogP contribution is 2.29. The fourth-order valence-corrected chi connectivity index (χ4v) is 2.29. The number of hydrogen-bond donors (Lipinski definition) is 1. The van der Waals surface area contributed by atoms with Crippen LogP contribution in [-0.4, -0.2) is 21.7 Å². The van der Waals surface area contributed by atoms with Crippen molar-refractivity contribution in [1.82, 2.24) is 15.1 Å². The number of nitrogens with zero attached hydrogens (tertiary/aromatic N) is 2. The van der Waals surface area contributed by atoms with Gasteiger partial charge in [-0.3, -0.25) is 4.79 Å². The third-order valence-corrected chi connectivity index (χ3v) is 3.88. The Bertz CT molecular complexity index is 723. The zero-order chi connectivity index (χ0) is 15.7. The molecule has 1 aliphatic carbocycles. The molecular weight excluding hydrogens is 286 g/mol. The maximum Gasteiger partial charge on any atom is 0.437 e. The molecule has 2 aromatic heterocycles. The monoisotopic (exact) mass is 305 g/mol. The van der Waals surface area contributed by atoms with Crippen LogP contribution < -0.4 is 11.1 Å². The highest BCUT2D eigenvalue weighted by molar-refractivity contribution is 5.81. The van der Waals surface area contributed by atoms with Gasteiger partial charge in [-0.2, -0.15) is 4.68 Å². The van der Waals surface area contributed by atoms with Gasteiger partial charge in [0.15, 0.2) is 0 Å². The molecule has 22 heavy (non-hydrogen) atoms. The SMILES string of the molecule is CC[C@H](Cn1nc(-c2ccoc2C)oc1=O)NC(=O)C1CC1. The van der Waals surface area contributed by atoms with E-state index in [9.17, 15) is 9.59 Å². The molecule has 118 valence electrons. The second-order valence-electron chi connectivity index (χ2n) is 5.63. The van der Waals surface area contributed by atoms with E-state index in [1.54, 1.807) is 13.0 Å². The topological polar surface area (TPSA) is 90.3 Å². The minimum atomic E-state index is -0.533. The molecule has 2 aromatic rings.